The quantitative estimate of drug-likeness (QED) is 0.576. The summed E-state index contributed by atoms with van der Waals surface area (Å²) in [5, 5.41) is 0. The number of rotatable bonds is 9. The van der Waals surface area contributed by atoms with Crippen molar-refractivity contribution in [3.05, 3.63) is 0 Å². The molecule has 0 N–H and O–H groups in total. The fourth-order valence-corrected chi connectivity index (χ4v) is 4.76. The summed E-state index contributed by atoms with van der Waals surface area (Å²) in [6, 6.07) is 0.755. The van der Waals surface area contributed by atoms with Gasteiger partial charge in [-0.3, -0.25) is 4.90 Å². The van der Waals surface area contributed by atoms with E-state index in [1.54, 1.807) is 7.11 Å². The Morgan fingerprint density at radius 2 is 1.95 bits per heavy atom. The van der Waals surface area contributed by atoms with Crippen molar-refractivity contribution in [2.24, 2.45) is 11.3 Å². The van der Waals surface area contributed by atoms with Crippen molar-refractivity contribution in [1.29, 1.82) is 0 Å². The molecule has 0 aromatic carbocycles. The second-order valence-corrected chi connectivity index (χ2v) is 8.75. The minimum absolute atomic E-state index is 0.589. The second-order valence-electron chi connectivity index (χ2n) is 7.75. The third kappa shape index (κ3) is 4.91. The zero-order valence-corrected chi connectivity index (χ0v) is 16.4. The summed E-state index contributed by atoms with van der Waals surface area (Å²) in [4.78, 5) is 5.13. The molecule has 1 spiro atoms. The molecule has 0 radical (unpaired) electrons. The standard InChI is InChI=1S/C17H34BrN3O/c1-15(2)16(6-5-8-19(3)10-11-22-4)20-12-17(13-20)7-9-21(18)14-17/h15-16H,5-14H2,1-4H3. The van der Waals surface area contributed by atoms with Crippen molar-refractivity contribution in [3.8, 4) is 0 Å². The lowest BCUT2D eigenvalue weighted by molar-refractivity contribution is -0.0377. The molecular formula is C17H34BrN3O. The van der Waals surface area contributed by atoms with Crippen molar-refractivity contribution in [3.63, 3.8) is 0 Å². The van der Waals surface area contributed by atoms with Gasteiger partial charge in [-0.1, -0.05) is 13.8 Å². The second kappa shape index (κ2) is 8.43. The summed E-state index contributed by atoms with van der Waals surface area (Å²) in [5.41, 5.74) is 0.589. The molecule has 0 saturated carbocycles. The van der Waals surface area contributed by atoms with Gasteiger partial charge in [-0.15, -0.1) is 0 Å². The third-order valence-electron chi connectivity index (χ3n) is 5.42. The molecule has 5 heteroatoms. The Kier molecular flexibility index (Phi) is 7.15. The summed E-state index contributed by atoms with van der Waals surface area (Å²) < 4.78 is 7.47. The molecule has 2 heterocycles. The van der Waals surface area contributed by atoms with E-state index in [2.05, 4.69) is 50.8 Å². The van der Waals surface area contributed by atoms with Crippen molar-refractivity contribution in [2.45, 2.75) is 39.2 Å². The molecule has 1 unspecified atom stereocenters. The van der Waals surface area contributed by atoms with Crippen molar-refractivity contribution < 1.29 is 4.74 Å². The zero-order valence-electron chi connectivity index (χ0n) is 14.9. The van der Waals surface area contributed by atoms with Crippen LogP contribution in [0.25, 0.3) is 0 Å². The number of ether oxygens (including phenoxy) is 1. The molecule has 2 aliphatic heterocycles. The number of methoxy groups -OCH3 is 1. The van der Waals surface area contributed by atoms with Crippen LogP contribution in [0.15, 0.2) is 0 Å². The van der Waals surface area contributed by atoms with Crippen LogP contribution in [0.5, 0.6) is 0 Å². The van der Waals surface area contributed by atoms with Crippen LogP contribution in [0, 0.1) is 11.3 Å². The van der Waals surface area contributed by atoms with Gasteiger partial charge < -0.3 is 9.64 Å². The maximum Gasteiger partial charge on any atom is 0.0589 e. The van der Waals surface area contributed by atoms with Crippen LogP contribution in [-0.4, -0.2) is 79.8 Å². The molecule has 2 fully saturated rings. The van der Waals surface area contributed by atoms with Crippen LogP contribution >= 0.6 is 16.1 Å². The third-order valence-corrected chi connectivity index (χ3v) is 6.03. The maximum atomic E-state index is 5.15. The van der Waals surface area contributed by atoms with Gasteiger partial charge in [0.1, 0.15) is 0 Å². The van der Waals surface area contributed by atoms with Crippen molar-refractivity contribution in [2.75, 3.05) is 60.0 Å². The Balaban J connectivity index is 1.70. The lowest BCUT2D eigenvalue weighted by atomic mass is 9.76. The molecule has 0 aromatic rings. The van der Waals surface area contributed by atoms with Gasteiger partial charge in [0.25, 0.3) is 0 Å². The zero-order chi connectivity index (χ0) is 16.2. The fourth-order valence-electron chi connectivity index (χ4n) is 4.06. The highest BCUT2D eigenvalue weighted by Crippen LogP contribution is 2.42. The fraction of sp³-hybridized carbons (Fsp3) is 1.00. The minimum atomic E-state index is 0.589. The summed E-state index contributed by atoms with van der Waals surface area (Å²) in [5.74, 6) is 0.753. The van der Waals surface area contributed by atoms with Gasteiger partial charge in [-0.2, -0.15) is 0 Å². The molecule has 4 nitrogen and oxygen atoms in total. The molecular weight excluding hydrogens is 342 g/mol. The first-order chi connectivity index (χ1) is 10.5. The number of hydrogen-bond acceptors (Lipinski definition) is 4. The molecule has 2 aliphatic rings. The van der Waals surface area contributed by atoms with Gasteiger partial charge in [0.15, 0.2) is 0 Å². The Morgan fingerprint density at radius 1 is 1.23 bits per heavy atom. The number of likely N-dealkylation sites (tertiary alicyclic amines) is 1. The van der Waals surface area contributed by atoms with Crippen LogP contribution in [0.4, 0.5) is 0 Å². The number of nitrogens with zero attached hydrogens (tertiary/aromatic N) is 3. The predicted octanol–water partition coefficient (Wildman–Crippen LogP) is 2.69. The van der Waals surface area contributed by atoms with E-state index in [9.17, 15) is 0 Å². The van der Waals surface area contributed by atoms with Gasteiger partial charge >= 0.3 is 0 Å². The SMILES string of the molecule is COCCN(C)CCCC(C(C)C)N1CC2(CCN(Br)C2)C1. The van der Waals surface area contributed by atoms with Crippen LogP contribution in [0.3, 0.4) is 0 Å². The first-order valence-electron chi connectivity index (χ1n) is 8.78. The number of hydrogen-bond donors (Lipinski definition) is 0. The molecule has 0 bridgehead atoms. The van der Waals surface area contributed by atoms with Crippen molar-refractivity contribution in [1.82, 2.24) is 13.7 Å². The average Bonchev–Trinajstić information content (AvgIpc) is 2.82. The largest absolute Gasteiger partial charge is 0.383 e. The Labute approximate surface area is 145 Å². The van der Waals surface area contributed by atoms with E-state index in [0.29, 0.717) is 5.41 Å². The predicted molar refractivity (Wildman–Crippen MR) is 96.4 cm³/mol. The normalized spacial score (nSPS) is 23.6. The monoisotopic (exact) mass is 375 g/mol. The Morgan fingerprint density at radius 3 is 2.50 bits per heavy atom. The molecule has 0 amide bonds. The van der Waals surface area contributed by atoms with E-state index in [1.165, 1.54) is 52.0 Å². The van der Waals surface area contributed by atoms with Crippen LogP contribution in [-0.2, 0) is 4.74 Å². The summed E-state index contributed by atoms with van der Waals surface area (Å²) >= 11 is 3.65. The summed E-state index contributed by atoms with van der Waals surface area (Å²) in [6.07, 6.45) is 3.97. The van der Waals surface area contributed by atoms with Gasteiger partial charge in [0, 0.05) is 67.4 Å². The lowest BCUT2D eigenvalue weighted by Crippen LogP contribution is -2.61. The maximum absolute atomic E-state index is 5.15. The van der Waals surface area contributed by atoms with Gasteiger partial charge in [-0.05, 0) is 38.8 Å². The van der Waals surface area contributed by atoms with E-state index in [0.717, 1.165) is 25.1 Å². The topological polar surface area (TPSA) is 19.0 Å². The minimum Gasteiger partial charge on any atom is -0.383 e. The molecule has 0 aliphatic carbocycles. The Bertz CT molecular complexity index is 334. The highest BCUT2D eigenvalue weighted by molar-refractivity contribution is 9.07. The van der Waals surface area contributed by atoms with Crippen LogP contribution in [0.1, 0.15) is 33.1 Å². The Hall–Kier alpha value is 0.320. The van der Waals surface area contributed by atoms with E-state index in [4.69, 9.17) is 4.74 Å². The molecule has 22 heavy (non-hydrogen) atoms. The smallest absolute Gasteiger partial charge is 0.0589 e. The highest BCUT2D eigenvalue weighted by atomic mass is 79.9. The van der Waals surface area contributed by atoms with Crippen LogP contribution in [0.2, 0.25) is 0 Å². The molecule has 0 aromatic heterocycles. The van der Waals surface area contributed by atoms with Gasteiger partial charge in [-0.25, -0.2) is 3.93 Å². The first-order valence-corrected chi connectivity index (χ1v) is 9.49. The number of halogens is 1. The van der Waals surface area contributed by atoms with Gasteiger partial charge in [0.2, 0.25) is 0 Å². The molecule has 1 atom stereocenters. The van der Waals surface area contributed by atoms with Gasteiger partial charge in [0.05, 0.1) is 6.61 Å². The van der Waals surface area contributed by atoms with E-state index >= 15 is 0 Å². The summed E-state index contributed by atoms with van der Waals surface area (Å²) in [7, 11) is 3.98. The summed E-state index contributed by atoms with van der Waals surface area (Å²) in [6.45, 7) is 12.9. The number of likely N-dealkylation sites (N-methyl/N-ethyl adjacent to an activating group) is 1. The molecule has 2 rings (SSSR count). The van der Waals surface area contributed by atoms with E-state index < -0.39 is 0 Å². The molecule has 130 valence electrons. The van der Waals surface area contributed by atoms with E-state index in [-0.39, 0.29) is 0 Å². The van der Waals surface area contributed by atoms with E-state index in [1.807, 2.05) is 0 Å². The van der Waals surface area contributed by atoms with Crippen molar-refractivity contribution >= 4 is 16.1 Å². The lowest BCUT2D eigenvalue weighted by Gasteiger charge is -2.53. The first kappa shape index (κ1) is 18.7. The molecule has 2 saturated heterocycles. The average molecular weight is 376 g/mol. The van der Waals surface area contributed by atoms with Crippen LogP contribution < -0.4 is 0 Å². The highest BCUT2D eigenvalue weighted by Gasteiger charge is 2.49.